The van der Waals surface area contributed by atoms with Crippen LogP contribution in [-0.4, -0.2) is 20.8 Å². The van der Waals surface area contributed by atoms with Crippen molar-refractivity contribution < 1.29 is 61.3 Å². The van der Waals surface area contributed by atoms with Crippen molar-refractivity contribution >= 4 is 11.5 Å². The minimum atomic E-state index is -1.23. The molecule has 66 valence electrons. The van der Waals surface area contributed by atoms with Crippen LogP contribution in [0, 0.1) is 6.92 Å². The number of carboxylic acids is 1. The monoisotopic (exact) mass is 215 g/mol. The van der Waals surface area contributed by atoms with Gasteiger partial charge in [-0.25, -0.2) is 0 Å². The normalized spacial score (nSPS) is 9.79. The number of rotatable bonds is 1. The van der Waals surface area contributed by atoms with Gasteiger partial charge in [0.25, 0.3) is 0 Å². The maximum Gasteiger partial charge on any atom is 1.00 e. The molecule has 2 rings (SSSR count). The van der Waals surface area contributed by atoms with Crippen LogP contribution in [0.1, 0.15) is 15.9 Å². The molecule has 0 amide bonds. The van der Waals surface area contributed by atoms with Gasteiger partial charge in [-0.3, -0.25) is 0 Å². The molecule has 0 bridgehead atoms. The fourth-order valence-electron chi connectivity index (χ4n) is 1.13. The van der Waals surface area contributed by atoms with E-state index in [-0.39, 0.29) is 56.9 Å². The summed E-state index contributed by atoms with van der Waals surface area (Å²) in [5.74, 6) is -1.23. The third kappa shape index (κ3) is 2.04. The Morgan fingerprint density at radius 2 is 2.07 bits per heavy atom. The van der Waals surface area contributed by atoms with Crippen molar-refractivity contribution in [2.75, 3.05) is 0 Å². The molecule has 0 radical (unpaired) electrons. The number of aromatic nitrogens is 3. The Hall–Kier alpha value is -0.274. The van der Waals surface area contributed by atoms with E-state index in [2.05, 4.69) is 10.2 Å². The topological polar surface area (TPSA) is 70.3 Å². The van der Waals surface area contributed by atoms with Crippen molar-refractivity contribution in [2.24, 2.45) is 0 Å². The maximum absolute atomic E-state index is 10.6. The summed E-state index contributed by atoms with van der Waals surface area (Å²) in [6.45, 7) is 1.83. The van der Waals surface area contributed by atoms with Crippen LogP contribution in [0.5, 0.6) is 0 Å². The Bertz CT molecular complexity index is 480. The first-order chi connectivity index (χ1) is 6.18. The van der Waals surface area contributed by atoms with Crippen molar-refractivity contribution in [1.29, 1.82) is 0 Å². The summed E-state index contributed by atoms with van der Waals surface area (Å²) < 4.78 is 1.26. The molecule has 0 fully saturated rings. The molecule has 0 aromatic carbocycles. The molecule has 0 unspecified atom stereocenters. The van der Waals surface area contributed by atoms with Crippen LogP contribution in [0.25, 0.3) is 5.52 Å². The number of carbonyl (C=O) groups excluding carboxylic acids is 1. The molecule has 0 saturated heterocycles. The van der Waals surface area contributed by atoms with E-state index >= 15 is 0 Å². The zero-order valence-electron chi connectivity index (χ0n) is 7.89. The molecule has 0 aliphatic rings. The molecule has 0 N–H and O–H groups in total. The van der Waals surface area contributed by atoms with Gasteiger partial charge in [-0.2, -0.15) is 14.8 Å². The molecular weight excluding hydrogens is 209 g/mol. The van der Waals surface area contributed by atoms with E-state index in [0.29, 0.717) is 5.52 Å². The van der Waals surface area contributed by atoms with Gasteiger partial charge in [0.1, 0.15) is 0 Å². The van der Waals surface area contributed by atoms with Crippen LogP contribution in [0.15, 0.2) is 18.5 Å². The van der Waals surface area contributed by atoms with E-state index in [1.54, 1.807) is 12.3 Å². The molecule has 2 aromatic heterocycles. The van der Waals surface area contributed by atoms with Crippen LogP contribution in [-0.2, 0) is 0 Å². The Labute approximate surface area is 123 Å². The van der Waals surface area contributed by atoms with Crippen LogP contribution >= 0.6 is 0 Å². The van der Waals surface area contributed by atoms with E-state index in [9.17, 15) is 9.90 Å². The Morgan fingerprint density at radius 3 is 2.71 bits per heavy atom. The second kappa shape index (κ2) is 4.50. The molecule has 6 heteroatoms. The summed E-state index contributed by atoms with van der Waals surface area (Å²) in [7, 11) is 0. The van der Waals surface area contributed by atoms with E-state index < -0.39 is 5.97 Å². The molecule has 5 nitrogen and oxygen atoms in total. The quantitative estimate of drug-likeness (QED) is 0.461. The van der Waals surface area contributed by atoms with E-state index in [4.69, 9.17) is 0 Å². The third-order valence-electron chi connectivity index (χ3n) is 1.74. The van der Waals surface area contributed by atoms with Crippen molar-refractivity contribution in [3.8, 4) is 0 Å². The fraction of sp³-hybridized carbons (Fsp3) is 0.125. The maximum atomic E-state index is 10.6. The van der Waals surface area contributed by atoms with Crippen molar-refractivity contribution in [1.82, 2.24) is 14.8 Å². The van der Waals surface area contributed by atoms with Crippen LogP contribution in [0.3, 0.4) is 0 Å². The van der Waals surface area contributed by atoms with E-state index in [1.807, 2.05) is 6.92 Å². The van der Waals surface area contributed by atoms with Crippen LogP contribution in [0.4, 0.5) is 0 Å². The molecule has 0 aliphatic carbocycles. The Balaban J connectivity index is 0.000000980. The molecule has 0 aliphatic heterocycles. The average Bonchev–Trinajstić information content (AvgIpc) is 2.46. The Morgan fingerprint density at radius 1 is 1.43 bits per heavy atom. The first kappa shape index (κ1) is 11.8. The van der Waals surface area contributed by atoms with Crippen molar-refractivity contribution in [3.63, 3.8) is 0 Å². The molecular formula is C8H6KN3O2. The molecule has 0 saturated carbocycles. The van der Waals surface area contributed by atoms with Gasteiger partial charge in [0.2, 0.25) is 0 Å². The molecule has 0 atom stereocenters. The second-order valence-electron chi connectivity index (χ2n) is 2.75. The largest absolute Gasteiger partial charge is 1.00 e. The summed E-state index contributed by atoms with van der Waals surface area (Å²) in [5.41, 5.74) is 1.41. The van der Waals surface area contributed by atoms with Gasteiger partial charge in [-0.05, 0) is 18.6 Å². The van der Waals surface area contributed by atoms with E-state index in [1.165, 1.54) is 10.8 Å². The number of carboxylic acid groups (broad SMARTS) is 1. The van der Waals surface area contributed by atoms with Crippen molar-refractivity contribution in [3.05, 3.63) is 29.6 Å². The number of hydrogen-bond acceptors (Lipinski definition) is 4. The number of fused-ring (bicyclic) bond motifs is 1. The standard InChI is InChI=1S/C8H7N3O2.K/c1-5-2-7-6(8(12)13)4-10-11(7)9-3-5;/h2-4H,1H3,(H,12,13);/q;+1/p-1. The van der Waals surface area contributed by atoms with Crippen molar-refractivity contribution in [2.45, 2.75) is 6.92 Å². The average molecular weight is 215 g/mol. The molecule has 2 heterocycles. The van der Waals surface area contributed by atoms with Gasteiger partial charge in [-0.1, -0.05) is 0 Å². The summed E-state index contributed by atoms with van der Waals surface area (Å²) in [6.07, 6.45) is 2.84. The summed E-state index contributed by atoms with van der Waals surface area (Å²) in [6, 6.07) is 1.70. The number of aromatic carboxylic acids is 1. The second-order valence-corrected chi connectivity index (χ2v) is 2.75. The van der Waals surface area contributed by atoms with E-state index in [0.717, 1.165) is 5.56 Å². The van der Waals surface area contributed by atoms with Gasteiger partial charge in [0, 0.05) is 5.56 Å². The van der Waals surface area contributed by atoms with Gasteiger partial charge < -0.3 is 9.90 Å². The number of hydrogen-bond donors (Lipinski definition) is 0. The summed E-state index contributed by atoms with van der Waals surface area (Å²) >= 11 is 0. The zero-order chi connectivity index (χ0) is 9.42. The minimum Gasteiger partial charge on any atom is -0.545 e. The minimum absolute atomic E-state index is 0. The van der Waals surface area contributed by atoms with Crippen LogP contribution < -0.4 is 56.5 Å². The number of nitrogens with zero attached hydrogens (tertiary/aromatic N) is 3. The smallest absolute Gasteiger partial charge is 0.545 e. The molecule has 14 heavy (non-hydrogen) atoms. The van der Waals surface area contributed by atoms with Gasteiger partial charge in [-0.15, -0.1) is 0 Å². The third-order valence-corrected chi connectivity index (χ3v) is 1.74. The SMILES string of the molecule is Cc1cnn2ncc(C(=O)[O-])c2c1.[K+]. The summed E-state index contributed by atoms with van der Waals surface area (Å²) in [5, 5.41) is 18.3. The predicted molar refractivity (Wildman–Crippen MR) is 42.1 cm³/mol. The molecule has 0 spiro atoms. The number of carbonyl (C=O) groups is 1. The number of aryl methyl sites for hydroxylation is 1. The fourth-order valence-corrected chi connectivity index (χ4v) is 1.13. The first-order valence-electron chi connectivity index (χ1n) is 3.70. The van der Waals surface area contributed by atoms with Gasteiger partial charge >= 0.3 is 51.4 Å². The first-order valence-corrected chi connectivity index (χ1v) is 3.70. The zero-order valence-corrected chi connectivity index (χ0v) is 11.0. The van der Waals surface area contributed by atoms with Gasteiger partial charge in [0.15, 0.2) is 0 Å². The Kier molecular flexibility index (Phi) is 3.79. The van der Waals surface area contributed by atoms with Crippen LogP contribution in [0.2, 0.25) is 0 Å². The predicted octanol–water partition coefficient (Wildman–Crippen LogP) is -3.59. The molecule has 2 aromatic rings. The summed E-state index contributed by atoms with van der Waals surface area (Å²) in [4.78, 5) is 10.6. The van der Waals surface area contributed by atoms with Gasteiger partial charge in [0.05, 0.1) is 23.9 Å².